The van der Waals surface area contributed by atoms with E-state index in [1.165, 1.54) is 51.4 Å². The summed E-state index contributed by atoms with van der Waals surface area (Å²) in [5.74, 6) is -0.354. The van der Waals surface area contributed by atoms with E-state index in [-0.39, 0.29) is 32.3 Å². The van der Waals surface area contributed by atoms with Crippen LogP contribution in [0.15, 0.2) is 72.9 Å². The van der Waals surface area contributed by atoms with Crippen LogP contribution in [0.5, 0.6) is 0 Å². The fraction of sp³-hybridized carbons (Fsp3) is 0.711. The SMILES string of the molecule is CC/C=C\C/C=C\C/C=C\CCCCCCCC(=O)OC(COCCCCCCCCC/C=C\C/C=C\C/C=C\CCCCC)COP(=O)(O)OCCN. The monoisotopic (exact) mass is 778 g/mol. The molecular formula is C45H80NO7P. The molecule has 2 atom stereocenters. The van der Waals surface area contributed by atoms with Crippen LogP contribution >= 0.6 is 7.82 Å². The number of unbranched alkanes of at least 4 members (excludes halogenated alkanes) is 15. The predicted octanol–water partition coefficient (Wildman–Crippen LogP) is 12.7. The van der Waals surface area contributed by atoms with Crippen LogP contribution in [-0.4, -0.2) is 49.9 Å². The number of hydrogen-bond acceptors (Lipinski definition) is 7. The van der Waals surface area contributed by atoms with Gasteiger partial charge in [-0.3, -0.25) is 13.8 Å². The summed E-state index contributed by atoms with van der Waals surface area (Å²) in [5, 5.41) is 0. The predicted molar refractivity (Wildman–Crippen MR) is 228 cm³/mol. The largest absolute Gasteiger partial charge is 0.472 e. The maximum absolute atomic E-state index is 12.6. The minimum absolute atomic E-state index is 0.0917. The summed E-state index contributed by atoms with van der Waals surface area (Å²) in [7, 11) is -4.29. The molecule has 0 aliphatic rings. The Kier molecular flexibility index (Phi) is 40.5. The second kappa shape index (κ2) is 42.1. The highest BCUT2D eigenvalue weighted by Crippen LogP contribution is 2.43. The fourth-order valence-electron chi connectivity index (χ4n) is 5.49. The summed E-state index contributed by atoms with van der Waals surface area (Å²) < 4.78 is 33.4. The summed E-state index contributed by atoms with van der Waals surface area (Å²) in [5.41, 5.74) is 5.36. The van der Waals surface area contributed by atoms with E-state index in [9.17, 15) is 14.3 Å². The van der Waals surface area contributed by atoms with E-state index >= 15 is 0 Å². The van der Waals surface area contributed by atoms with Gasteiger partial charge in [-0.15, -0.1) is 0 Å². The number of phosphoric ester groups is 1. The van der Waals surface area contributed by atoms with Crippen molar-refractivity contribution in [2.45, 2.75) is 174 Å². The van der Waals surface area contributed by atoms with Gasteiger partial charge in [0.2, 0.25) is 0 Å². The summed E-state index contributed by atoms with van der Waals surface area (Å²) >= 11 is 0. The lowest BCUT2D eigenvalue weighted by molar-refractivity contribution is -0.154. The van der Waals surface area contributed by atoms with Gasteiger partial charge in [0.1, 0.15) is 6.10 Å². The van der Waals surface area contributed by atoms with Crippen molar-refractivity contribution in [3.8, 4) is 0 Å². The van der Waals surface area contributed by atoms with Gasteiger partial charge < -0.3 is 20.1 Å². The zero-order chi connectivity index (χ0) is 39.5. The number of nitrogens with two attached hydrogens (primary N) is 1. The first kappa shape index (κ1) is 51.9. The zero-order valence-electron chi connectivity index (χ0n) is 34.4. The van der Waals surface area contributed by atoms with Gasteiger partial charge in [-0.25, -0.2) is 4.57 Å². The maximum atomic E-state index is 12.6. The molecule has 0 aliphatic heterocycles. The Balaban J connectivity index is 4.09. The molecule has 9 heteroatoms. The van der Waals surface area contributed by atoms with Crippen LogP contribution in [0, 0.1) is 0 Å². The van der Waals surface area contributed by atoms with E-state index in [4.69, 9.17) is 24.3 Å². The standard InChI is InChI=1S/C45H80NO7P/c1-3-5-7-9-11-13-15-17-19-20-21-22-23-25-27-29-31-33-35-37-40-50-42-44(43-52-54(48,49)51-41-39-46)53-45(47)38-36-34-32-30-28-26-24-18-16-14-12-10-8-6-4-2/h6,8,11-14,17-19,21-22,24,44H,3-5,7,9-10,15-16,20,23,25-43,46H2,1-2H3,(H,48,49)/b8-6-,13-11-,14-12-,19-17-,22-21-,24-18-. The lowest BCUT2D eigenvalue weighted by Crippen LogP contribution is -2.28. The molecule has 8 nitrogen and oxygen atoms in total. The van der Waals surface area contributed by atoms with Crippen molar-refractivity contribution in [3.63, 3.8) is 0 Å². The van der Waals surface area contributed by atoms with E-state index in [0.717, 1.165) is 96.3 Å². The van der Waals surface area contributed by atoms with Gasteiger partial charge in [0.25, 0.3) is 0 Å². The molecule has 0 radical (unpaired) electrons. The van der Waals surface area contributed by atoms with Crippen LogP contribution in [0.3, 0.4) is 0 Å². The van der Waals surface area contributed by atoms with Crippen LogP contribution in [0.4, 0.5) is 0 Å². The van der Waals surface area contributed by atoms with Gasteiger partial charge in [-0.05, 0) is 83.5 Å². The van der Waals surface area contributed by atoms with Crippen LogP contribution in [0.25, 0.3) is 0 Å². The molecule has 0 spiro atoms. The first-order valence-corrected chi connectivity index (χ1v) is 22.9. The van der Waals surface area contributed by atoms with E-state index in [0.29, 0.717) is 13.0 Å². The number of rotatable bonds is 40. The fourth-order valence-corrected chi connectivity index (χ4v) is 6.25. The molecule has 0 aromatic heterocycles. The molecular weight excluding hydrogens is 697 g/mol. The zero-order valence-corrected chi connectivity index (χ0v) is 35.3. The van der Waals surface area contributed by atoms with Crippen molar-refractivity contribution in [2.24, 2.45) is 5.73 Å². The van der Waals surface area contributed by atoms with Crippen LogP contribution in [-0.2, 0) is 27.9 Å². The molecule has 312 valence electrons. The minimum atomic E-state index is -4.29. The van der Waals surface area contributed by atoms with E-state index in [1.807, 2.05) is 0 Å². The molecule has 0 bridgehead atoms. The Labute approximate surface area is 331 Å². The highest BCUT2D eigenvalue weighted by molar-refractivity contribution is 7.47. The first-order valence-electron chi connectivity index (χ1n) is 21.4. The Morgan fingerprint density at radius 2 is 1.04 bits per heavy atom. The first-order chi connectivity index (χ1) is 26.4. The van der Waals surface area contributed by atoms with Crippen molar-refractivity contribution >= 4 is 13.8 Å². The third kappa shape index (κ3) is 41.1. The molecule has 0 fully saturated rings. The van der Waals surface area contributed by atoms with Crippen molar-refractivity contribution in [3.05, 3.63) is 72.9 Å². The molecule has 0 aromatic rings. The third-order valence-corrected chi connectivity index (χ3v) is 9.59. The molecule has 0 heterocycles. The number of allylic oxidation sites excluding steroid dienone is 12. The highest BCUT2D eigenvalue weighted by Gasteiger charge is 2.25. The van der Waals surface area contributed by atoms with Gasteiger partial charge in [0, 0.05) is 19.6 Å². The Hall–Kier alpha value is -2.06. The van der Waals surface area contributed by atoms with Gasteiger partial charge in [-0.2, -0.15) is 0 Å². The lowest BCUT2D eigenvalue weighted by Gasteiger charge is -2.20. The minimum Gasteiger partial charge on any atom is -0.457 e. The second-order valence-corrected chi connectivity index (χ2v) is 15.3. The van der Waals surface area contributed by atoms with E-state index in [1.54, 1.807) is 0 Å². The molecule has 0 aromatic carbocycles. The molecule has 0 saturated heterocycles. The van der Waals surface area contributed by atoms with Crippen molar-refractivity contribution in [1.82, 2.24) is 0 Å². The number of hydrogen-bond donors (Lipinski definition) is 2. The average molecular weight is 778 g/mol. The van der Waals surface area contributed by atoms with Crippen molar-refractivity contribution < 1.29 is 32.8 Å². The Morgan fingerprint density at radius 1 is 0.574 bits per heavy atom. The van der Waals surface area contributed by atoms with Crippen LogP contribution in [0.2, 0.25) is 0 Å². The number of carbonyl (C=O) groups excluding carboxylic acids is 1. The number of ether oxygens (including phenoxy) is 2. The van der Waals surface area contributed by atoms with Gasteiger partial charge in [0.05, 0.1) is 19.8 Å². The lowest BCUT2D eigenvalue weighted by atomic mass is 10.1. The molecule has 0 saturated carbocycles. The molecule has 2 unspecified atom stereocenters. The highest BCUT2D eigenvalue weighted by atomic mass is 31.2. The van der Waals surface area contributed by atoms with Gasteiger partial charge in [-0.1, -0.05) is 151 Å². The Morgan fingerprint density at radius 3 is 1.56 bits per heavy atom. The Bertz CT molecular complexity index is 1050. The number of carbonyl (C=O) groups is 1. The third-order valence-electron chi connectivity index (χ3n) is 8.61. The summed E-state index contributed by atoms with van der Waals surface area (Å²) in [6, 6.07) is 0. The van der Waals surface area contributed by atoms with Crippen molar-refractivity contribution in [1.29, 1.82) is 0 Å². The van der Waals surface area contributed by atoms with Crippen LogP contribution < -0.4 is 5.73 Å². The summed E-state index contributed by atoms with van der Waals surface area (Å²) in [4.78, 5) is 22.5. The molecule has 0 aliphatic carbocycles. The quantitative estimate of drug-likeness (QED) is 0.0273. The van der Waals surface area contributed by atoms with E-state index in [2.05, 4.69) is 86.8 Å². The smallest absolute Gasteiger partial charge is 0.457 e. The van der Waals surface area contributed by atoms with Gasteiger partial charge >= 0.3 is 13.8 Å². The molecule has 0 amide bonds. The number of phosphoric acid groups is 1. The topological polar surface area (TPSA) is 117 Å². The maximum Gasteiger partial charge on any atom is 0.472 e. The van der Waals surface area contributed by atoms with Gasteiger partial charge in [0.15, 0.2) is 0 Å². The molecule has 3 N–H and O–H groups in total. The van der Waals surface area contributed by atoms with E-state index < -0.39 is 13.9 Å². The van der Waals surface area contributed by atoms with Crippen molar-refractivity contribution in [2.75, 3.05) is 33.0 Å². The molecule has 0 rings (SSSR count). The summed E-state index contributed by atoms with van der Waals surface area (Å²) in [6.07, 6.45) is 52.0. The number of esters is 1. The second-order valence-electron chi connectivity index (χ2n) is 13.8. The average Bonchev–Trinajstić information content (AvgIpc) is 3.16. The summed E-state index contributed by atoms with van der Waals surface area (Å²) in [6.45, 7) is 4.72. The normalized spacial score (nSPS) is 14.2. The van der Waals surface area contributed by atoms with Crippen LogP contribution in [0.1, 0.15) is 168 Å². The molecule has 54 heavy (non-hydrogen) atoms.